The maximum absolute atomic E-state index is 12.7. The van der Waals surface area contributed by atoms with Crippen LogP contribution in [0.2, 0.25) is 0 Å². The number of amides is 2. The van der Waals surface area contributed by atoms with Crippen molar-refractivity contribution < 1.29 is 22.7 Å². The molecular weight excluding hydrogens is 370 g/mol. The lowest BCUT2D eigenvalue weighted by molar-refractivity contribution is 0.0707. The van der Waals surface area contributed by atoms with Crippen LogP contribution in [0.5, 0.6) is 0 Å². The van der Waals surface area contributed by atoms with Crippen LogP contribution in [-0.2, 0) is 14.8 Å². The number of ether oxygens (including phenoxy) is 1. The van der Waals surface area contributed by atoms with Gasteiger partial charge in [0.2, 0.25) is 0 Å². The van der Waals surface area contributed by atoms with E-state index >= 15 is 0 Å². The summed E-state index contributed by atoms with van der Waals surface area (Å²) in [5.41, 5.74) is 5.59. The highest BCUT2D eigenvalue weighted by Gasteiger charge is 2.43. The molecule has 1 fully saturated rings. The first-order valence-electron chi connectivity index (χ1n) is 7.76. The molecule has 25 heavy (non-hydrogen) atoms. The van der Waals surface area contributed by atoms with E-state index in [0.29, 0.717) is 6.61 Å². The van der Waals surface area contributed by atoms with E-state index in [1.807, 2.05) is 0 Å². The second-order valence-electron chi connectivity index (χ2n) is 5.73. The van der Waals surface area contributed by atoms with Gasteiger partial charge in [0.15, 0.2) is 0 Å². The van der Waals surface area contributed by atoms with Gasteiger partial charge in [-0.1, -0.05) is 0 Å². The van der Waals surface area contributed by atoms with Crippen molar-refractivity contribution >= 4 is 34.2 Å². The van der Waals surface area contributed by atoms with Gasteiger partial charge in [0.25, 0.3) is 21.8 Å². The Morgan fingerprint density at radius 3 is 2.80 bits per heavy atom. The Kier molecular flexibility index (Phi) is 6.04. The SMILES string of the molecule is Cl.NCCNC(=O)c1ccc2c(c1)S(=O)(=O)N(CC1CCCO1)C2=O. The second kappa shape index (κ2) is 7.69. The maximum Gasteiger partial charge on any atom is 0.269 e. The molecule has 2 amide bonds. The Morgan fingerprint density at radius 2 is 2.16 bits per heavy atom. The van der Waals surface area contributed by atoms with Gasteiger partial charge in [-0.2, -0.15) is 0 Å². The van der Waals surface area contributed by atoms with Crippen LogP contribution >= 0.6 is 12.4 Å². The number of hydrogen-bond acceptors (Lipinski definition) is 6. The zero-order valence-corrected chi connectivity index (χ0v) is 15.1. The molecule has 8 nitrogen and oxygen atoms in total. The predicted molar refractivity (Wildman–Crippen MR) is 92.3 cm³/mol. The van der Waals surface area contributed by atoms with E-state index < -0.39 is 21.8 Å². The van der Waals surface area contributed by atoms with Crippen LogP contribution in [0.3, 0.4) is 0 Å². The highest BCUT2D eigenvalue weighted by atomic mass is 35.5. The Morgan fingerprint density at radius 1 is 1.40 bits per heavy atom. The van der Waals surface area contributed by atoms with Gasteiger partial charge in [0, 0.05) is 25.3 Å². The molecule has 1 aromatic carbocycles. The number of halogens is 1. The molecule has 0 aliphatic carbocycles. The van der Waals surface area contributed by atoms with Crippen LogP contribution in [0, 0.1) is 0 Å². The lowest BCUT2D eigenvalue weighted by Crippen LogP contribution is -2.36. The highest BCUT2D eigenvalue weighted by Crippen LogP contribution is 2.32. The normalized spacial score (nSPS) is 20.9. The smallest absolute Gasteiger partial charge is 0.269 e. The number of benzene rings is 1. The van der Waals surface area contributed by atoms with Crippen molar-refractivity contribution in [3.63, 3.8) is 0 Å². The molecule has 0 saturated carbocycles. The van der Waals surface area contributed by atoms with E-state index in [1.54, 1.807) is 0 Å². The van der Waals surface area contributed by atoms with Crippen molar-refractivity contribution in [1.29, 1.82) is 0 Å². The standard InChI is InChI=1S/C15H19N3O5S.ClH/c16-5-6-17-14(19)10-3-4-12-13(8-10)24(21,22)18(15(12)20)9-11-2-1-7-23-11;/h3-4,8,11H,1-2,5-7,9,16H2,(H,17,19);1H. The molecular formula is C15H20ClN3O5S. The number of nitrogens with one attached hydrogen (secondary N) is 1. The minimum Gasteiger partial charge on any atom is -0.376 e. The summed E-state index contributed by atoms with van der Waals surface area (Å²) in [5.74, 6) is -1.00. The van der Waals surface area contributed by atoms with Gasteiger partial charge in [-0.25, -0.2) is 12.7 Å². The first-order chi connectivity index (χ1) is 11.4. The van der Waals surface area contributed by atoms with E-state index in [0.717, 1.165) is 17.1 Å². The third-order valence-electron chi connectivity index (χ3n) is 4.09. The molecule has 2 aliphatic heterocycles. The summed E-state index contributed by atoms with van der Waals surface area (Å²) in [6.07, 6.45) is 1.30. The van der Waals surface area contributed by atoms with Crippen molar-refractivity contribution in [2.24, 2.45) is 5.73 Å². The molecule has 1 unspecified atom stereocenters. The van der Waals surface area contributed by atoms with E-state index in [1.165, 1.54) is 18.2 Å². The van der Waals surface area contributed by atoms with Gasteiger partial charge in [0.05, 0.1) is 18.2 Å². The average Bonchev–Trinajstić information content (AvgIpc) is 3.14. The largest absolute Gasteiger partial charge is 0.376 e. The number of sulfonamides is 1. The number of carbonyl (C=O) groups is 2. The van der Waals surface area contributed by atoms with Crippen LogP contribution in [0.25, 0.3) is 0 Å². The van der Waals surface area contributed by atoms with E-state index in [2.05, 4.69) is 5.32 Å². The molecule has 3 N–H and O–H groups in total. The fourth-order valence-electron chi connectivity index (χ4n) is 2.86. The summed E-state index contributed by atoms with van der Waals surface area (Å²) >= 11 is 0. The Bertz CT molecular complexity index is 777. The minimum atomic E-state index is -3.96. The third kappa shape index (κ3) is 3.64. The fraction of sp³-hybridized carbons (Fsp3) is 0.467. The van der Waals surface area contributed by atoms with Crippen molar-refractivity contribution in [3.8, 4) is 0 Å². The zero-order chi connectivity index (χ0) is 17.3. The minimum absolute atomic E-state index is 0. The van der Waals surface area contributed by atoms with Gasteiger partial charge < -0.3 is 15.8 Å². The lowest BCUT2D eigenvalue weighted by Gasteiger charge is -2.18. The summed E-state index contributed by atoms with van der Waals surface area (Å²) in [6, 6.07) is 4.06. The van der Waals surface area contributed by atoms with Gasteiger partial charge in [-0.3, -0.25) is 9.59 Å². The van der Waals surface area contributed by atoms with Gasteiger partial charge >= 0.3 is 0 Å². The molecule has 1 aromatic rings. The number of hydrogen-bond donors (Lipinski definition) is 2. The van der Waals surface area contributed by atoms with E-state index in [4.69, 9.17) is 10.5 Å². The summed E-state index contributed by atoms with van der Waals surface area (Å²) in [6.45, 7) is 1.14. The van der Waals surface area contributed by atoms with Crippen molar-refractivity contribution in [2.45, 2.75) is 23.8 Å². The summed E-state index contributed by atoms with van der Waals surface area (Å²) in [5, 5.41) is 2.57. The quantitative estimate of drug-likeness (QED) is 0.738. The number of rotatable bonds is 5. The molecule has 10 heteroatoms. The van der Waals surface area contributed by atoms with Crippen LogP contribution in [-0.4, -0.2) is 56.9 Å². The molecule has 0 spiro atoms. The van der Waals surface area contributed by atoms with Gasteiger partial charge in [-0.15, -0.1) is 12.4 Å². The molecule has 0 radical (unpaired) electrons. The van der Waals surface area contributed by atoms with Crippen molar-refractivity contribution in [2.75, 3.05) is 26.2 Å². The Hall–Kier alpha value is -1.68. The number of carbonyl (C=O) groups excluding carboxylic acids is 2. The van der Waals surface area contributed by atoms with E-state index in [-0.39, 0.29) is 54.2 Å². The summed E-state index contributed by atoms with van der Waals surface area (Å²) < 4.78 is 31.6. The molecule has 0 aromatic heterocycles. The molecule has 138 valence electrons. The first kappa shape index (κ1) is 19.6. The van der Waals surface area contributed by atoms with E-state index in [9.17, 15) is 18.0 Å². The average molecular weight is 390 g/mol. The molecule has 2 heterocycles. The Labute approximate surface area is 152 Å². The Balaban J connectivity index is 0.00000225. The zero-order valence-electron chi connectivity index (χ0n) is 13.4. The van der Waals surface area contributed by atoms with Gasteiger partial charge in [0.1, 0.15) is 4.90 Å². The molecule has 1 saturated heterocycles. The number of nitrogens with zero attached hydrogens (tertiary/aromatic N) is 1. The summed E-state index contributed by atoms with van der Waals surface area (Å²) in [4.78, 5) is 24.3. The predicted octanol–water partition coefficient (Wildman–Crippen LogP) is 0.120. The molecule has 2 aliphatic rings. The number of fused-ring (bicyclic) bond motifs is 1. The van der Waals surface area contributed by atoms with Gasteiger partial charge in [-0.05, 0) is 31.0 Å². The molecule has 0 bridgehead atoms. The number of nitrogens with two attached hydrogens (primary N) is 1. The summed E-state index contributed by atoms with van der Waals surface area (Å²) in [7, 11) is -3.96. The van der Waals surface area contributed by atoms with Crippen molar-refractivity contribution in [3.05, 3.63) is 29.3 Å². The topological polar surface area (TPSA) is 119 Å². The van der Waals surface area contributed by atoms with Crippen LogP contribution < -0.4 is 11.1 Å². The van der Waals surface area contributed by atoms with Crippen LogP contribution in [0.15, 0.2) is 23.1 Å². The fourth-order valence-corrected chi connectivity index (χ4v) is 4.48. The highest BCUT2D eigenvalue weighted by molar-refractivity contribution is 7.90. The van der Waals surface area contributed by atoms with Crippen LogP contribution in [0.4, 0.5) is 0 Å². The second-order valence-corrected chi connectivity index (χ2v) is 7.56. The first-order valence-corrected chi connectivity index (χ1v) is 9.20. The lowest BCUT2D eigenvalue weighted by atomic mass is 10.1. The third-order valence-corrected chi connectivity index (χ3v) is 5.88. The molecule has 3 rings (SSSR count). The van der Waals surface area contributed by atoms with Crippen LogP contribution in [0.1, 0.15) is 33.6 Å². The maximum atomic E-state index is 12.7. The van der Waals surface area contributed by atoms with Crippen molar-refractivity contribution in [1.82, 2.24) is 9.62 Å². The molecule has 1 atom stereocenters. The monoisotopic (exact) mass is 389 g/mol.